The predicted molar refractivity (Wildman–Crippen MR) is 190 cm³/mol. The Bertz CT molecular complexity index is 1320. The maximum atomic E-state index is 12.8. The van der Waals surface area contributed by atoms with Crippen molar-refractivity contribution in [3.8, 4) is 0 Å². The molecule has 248 valence electrons. The molecule has 6 nitrogen and oxygen atoms in total. The van der Waals surface area contributed by atoms with Gasteiger partial charge in [0, 0.05) is 29.6 Å². The van der Waals surface area contributed by atoms with Gasteiger partial charge in [0.25, 0.3) is 5.91 Å². The third kappa shape index (κ3) is 9.92. The summed E-state index contributed by atoms with van der Waals surface area (Å²) in [5.41, 5.74) is 14.2. The Morgan fingerprint density at radius 2 is 1.69 bits per heavy atom. The van der Waals surface area contributed by atoms with Crippen LogP contribution in [0.5, 0.6) is 0 Å². The summed E-state index contributed by atoms with van der Waals surface area (Å²) in [6, 6.07) is 8.36. The molecule has 1 heterocycles. The highest BCUT2D eigenvalue weighted by atomic mass is 16.5. The molecular formula is C39H59N3O3. The summed E-state index contributed by atoms with van der Waals surface area (Å²) in [5, 5.41) is 2.94. The maximum Gasteiger partial charge on any atom is 0.326 e. The minimum Gasteiger partial charge on any atom is -0.465 e. The highest BCUT2D eigenvalue weighted by molar-refractivity contribution is 6.02. The van der Waals surface area contributed by atoms with Crippen LogP contribution in [0.4, 0.5) is 0 Å². The van der Waals surface area contributed by atoms with Crippen LogP contribution in [0.2, 0.25) is 0 Å². The second-order valence-electron chi connectivity index (χ2n) is 11.5. The smallest absolute Gasteiger partial charge is 0.326 e. The largest absolute Gasteiger partial charge is 0.465 e. The number of nitrogens with one attached hydrogen (secondary N) is 1. The number of rotatable bonds is 8. The lowest BCUT2D eigenvalue weighted by Crippen LogP contribution is -2.52. The fraction of sp³-hybridized carbons (Fsp3) is 0.487. The van der Waals surface area contributed by atoms with Gasteiger partial charge in [-0.1, -0.05) is 75.4 Å². The molecule has 0 aromatic heterocycles. The number of nitrogens with two attached hydrogens (primary N) is 1. The van der Waals surface area contributed by atoms with Crippen molar-refractivity contribution < 1.29 is 14.3 Å². The van der Waals surface area contributed by atoms with Crippen molar-refractivity contribution in [2.24, 2.45) is 11.7 Å². The third-order valence-electron chi connectivity index (χ3n) is 8.85. The second kappa shape index (κ2) is 19.0. The fourth-order valence-electron chi connectivity index (χ4n) is 5.76. The van der Waals surface area contributed by atoms with E-state index in [1.54, 1.807) is 6.92 Å². The van der Waals surface area contributed by atoms with Crippen molar-refractivity contribution in [1.29, 1.82) is 0 Å². The van der Waals surface area contributed by atoms with Gasteiger partial charge in [-0.3, -0.25) is 9.59 Å². The van der Waals surface area contributed by atoms with Gasteiger partial charge in [-0.05, 0) is 115 Å². The number of esters is 1. The van der Waals surface area contributed by atoms with Crippen LogP contribution in [-0.4, -0.2) is 41.5 Å². The number of carbonyl (C=O) groups excluding carboxylic acids is 2. The summed E-state index contributed by atoms with van der Waals surface area (Å²) in [6.45, 7) is 25.0. The van der Waals surface area contributed by atoms with Gasteiger partial charge in [0.1, 0.15) is 5.54 Å². The molecule has 1 aromatic rings. The van der Waals surface area contributed by atoms with Crippen molar-refractivity contribution in [1.82, 2.24) is 10.2 Å². The Balaban J connectivity index is 0.000000864. The summed E-state index contributed by atoms with van der Waals surface area (Å²) in [6.07, 6.45) is 13.4. The van der Waals surface area contributed by atoms with Crippen LogP contribution in [0.15, 0.2) is 94.4 Å². The first kappa shape index (κ1) is 39.4. The number of carbonyl (C=O) groups is 2. The Hall–Kier alpha value is -3.64. The Kier molecular flexibility index (Phi) is 16.6. The van der Waals surface area contributed by atoms with Crippen LogP contribution in [0.25, 0.3) is 0 Å². The van der Waals surface area contributed by atoms with Gasteiger partial charge in [0.15, 0.2) is 0 Å². The average molecular weight is 618 g/mol. The van der Waals surface area contributed by atoms with Gasteiger partial charge >= 0.3 is 5.97 Å². The van der Waals surface area contributed by atoms with Gasteiger partial charge in [0.2, 0.25) is 0 Å². The molecule has 3 unspecified atom stereocenters. The van der Waals surface area contributed by atoms with E-state index >= 15 is 0 Å². The van der Waals surface area contributed by atoms with Crippen LogP contribution in [0.3, 0.4) is 0 Å². The first-order chi connectivity index (χ1) is 21.4. The van der Waals surface area contributed by atoms with Gasteiger partial charge in [-0.2, -0.15) is 0 Å². The van der Waals surface area contributed by atoms with E-state index in [9.17, 15) is 9.59 Å². The Morgan fingerprint density at radius 1 is 1.09 bits per heavy atom. The standard InChI is InChI=1S/C29H43N3O3.C8H10.C2H6/c1-9-13-14-15-24(11-3)32(25-16-19(5)29(30,17-25)28(34)35-12-4)22(8)20(6)21(7)26-23(10-2)18-31-27(26)33;1-7-5-3-4-6-8(7)2;1-2/h9-11,13-15,19,25H,12,16-18,30H2,1-8H3,(H,31,33);3-6H,1-2H3;1-2H3/b13-9-,15-14-,22-20+,23-10+,24-11-,26-21+;;. The Morgan fingerprint density at radius 3 is 2.18 bits per heavy atom. The predicted octanol–water partition coefficient (Wildman–Crippen LogP) is 8.40. The number of allylic oxidation sites excluding steroid dienone is 9. The van der Waals surface area contributed by atoms with Gasteiger partial charge in [-0.15, -0.1) is 0 Å². The highest BCUT2D eigenvalue weighted by Crippen LogP contribution is 2.41. The number of aryl methyl sites for hydroxylation is 2. The molecule has 1 aliphatic heterocycles. The minimum absolute atomic E-state index is 0.00667. The lowest BCUT2D eigenvalue weighted by molar-refractivity contribution is -0.151. The fourth-order valence-corrected chi connectivity index (χ4v) is 5.76. The number of hydrogen-bond donors (Lipinski definition) is 2. The third-order valence-corrected chi connectivity index (χ3v) is 8.85. The van der Waals surface area contributed by atoms with E-state index in [1.165, 1.54) is 11.1 Å². The zero-order valence-corrected chi connectivity index (χ0v) is 30.0. The number of hydrogen-bond acceptors (Lipinski definition) is 5. The lowest BCUT2D eigenvalue weighted by atomic mass is 9.90. The van der Waals surface area contributed by atoms with Crippen molar-refractivity contribution in [3.63, 3.8) is 0 Å². The van der Waals surface area contributed by atoms with Crippen LogP contribution < -0.4 is 11.1 Å². The molecule has 6 heteroatoms. The Labute approximate surface area is 273 Å². The molecule has 2 fully saturated rings. The van der Waals surface area contributed by atoms with Crippen molar-refractivity contribution >= 4 is 11.9 Å². The van der Waals surface area contributed by atoms with E-state index < -0.39 is 5.54 Å². The second-order valence-corrected chi connectivity index (χ2v) is 11.5. The van der Waals surface area contributed by atoms with E-state index in [0.29, 0.717) is 19.6 Å². The molecule has 0 radical (unpaired) electrons. The summed E-state index contributed by atoms with van der Waals surface area (Å²) >= 11 is 0. The van der Waals surface area contributed by atoms with E-state index in [1.807, 2.05) is 72.8 Å². The van der Waals surface area contributed by atoms with E-state index in [-0.39, 0.29) is 23.8 Å². The lowest BCUT2D eigenvalue weighted by Gasteiger charge is -2.35. The highest BCUT2D eigenvalue weighted by Gasteiger charge is 2.50. The van der Waals surface area contributed by atoms with E-state index in [2.05, 4.69) is 74.3 Å². The molecule has 45 heavy (non-hydrogen) atoms. The number of nitrogens with zero attached hydrogens (tertiary/aromatic N) is 1. The topological polar surface area (TPSA) is 84.7 Å². The van der Waals surface area contributed by atoms with Crippen molar-refractivity contribution in [2.45, 2.75) is 108 Å². The molecule has 3 atom stereocenters. The van der Waals surface area contributed by atoms with Crippen LogP contribution in [0, 0.1) is 19.8 Å². The van der Waals surface area contributed by atoms with Crippen LogP contribution in [0.1, 0.15) is 93.2 Å². The molecule has 1 saturated heterocycles. The summed E-state index contributed by atoms with van der Waals surface area (Å²) in [4.78, 5) is 27.7. The average Bonchev–Trinajstić information content (AvgIpc) is 3.56. The first-order valence-electron chi connectivity index (χ1n) is 16.4. The van der Waals surface area contributed by atoms with E-state index in [4.69, 9.17) is 10.5 Å². The van der Waals surface area contributed by atoms with Gasteiger partial charge < -0.3 is 20.7 Å². The monoisotopic (exact) mass is 617 g/mol. The normalized spacial score (nSPS) is 24.1. The SMILES string of the molecule is CC.C\C=C/C=C\C(=C\C)N(/C(C)=C(C)/C(C)=C1/C(=O)NC/C1=C\C)C1CC(C)C(N)(C(=O)OCC)C1.Cc1ccccc1C. The molecule has 0 spiro atoms. The van der Waals surface area contributed by atoms with Crippen LogP contribution in [-0.2, 0) is 14.3 Å². The first-order valence-corrected chi connectivity index (χ1v) is 16.4. The molecule has 3 N–H and O–H groups in total. The van der Waals surface area contributed by atoms with Crippen molar-refractivity contribution in [2.75, 3.05) is 13.2 Å². The molecular weight excluding hydrogens is 558 g/mol. The zero-order valence-electron chi connectivity index (χ0n) is 30.0. The number of benzene rings is 1. The summed E-state index contributed by atoms with van der Waals surface area (Å²) in [7, 11) is 0. The van der Waals surface area contributed by atoms with E-state index in [0.717, 1.165) is 40.1 Å². The minimum atomic E-state index is -1.03. The molecule has 3 rings (SSSR count). The maximum absolute atomic E-state index is 12.8. The molecule has 0 bridgehead atoms. The van der Waals surface area contributed by atoms with Crippen molar-refractivity contribution in [3.05, 3.63) is 106 Å². The number of amides is 1. The molecule has 1 aromatic carbocycles. The number of ether oxygens (including phenoxy) is 1. The van der Waals surface area contributed by atoms with Gasteiger partial charge in [-0.25, -0.2) is 0 Å². The molecule has 1 aliphatic carbocycles. The molecule has 1 amide bonds. The van der Waals surface area contributed by atoms with Gasteiger partial charge in [0.05, 0.1) is 6.61 Å². The zero-order chi connectivity index (χ0) is 34.3. The summed E-state index contributed by atoms with van der Waals surface area (Å²) in [5.74, 6) is -0.403. The summed E-state index contributed by atoms with van der Waals surface area (Å²) < 4.78 is 5.35. The molecule has 1 saturated carbocycles. The molecule has 2 aliphatic rings. The van der Waals surface area contributed by atoms with Crippen LogP contribution >= 0.6 is 0 Å². The quantitative estimate of drug-likeness (QED) is 0.174.